The molecule has 2 aliphatic rings. The molecule has 0 bridgehead atoms. The highest BCUT2D eigenvalue weighted by Crippen LogP contribution is 2.40. The molecule has 136 valence electrons. The summed E-state index contributed by atoms with van der Waals surface area (Å²) in [7, 11) is 0. The van der Waals surface area contributed by atoms with Gasteiger partial charge in [0, 0.05) is 6.54 Å². The predicted octanol–water partition coefficient (Wildman–Crippen LogP) is 3.51. The Bertz CT molecular complexity index is 641. The maximum absolute atomic E-state index is 13.3. The normalized spacial score (nSPS) is 29.9. The van der Waals surface area contributed by atoms with E-state index in [4.69, 9.17) is 0 Å². The molecule has 4 heteroatoms. The minimum Gasteiger partial charge on any atom is -0.340 e. The smallest absolute Gasteiger partial charge is 0.249 e. The number of piperazine rings is 1. The Balaban J connectivity index is 1.83. The first kappa shape index (κ1) is 18.0. The number of rotatable bonds is 2. The molecule has 1 saturated heterocycles. The Hall–Kier alpha value is -1.84. The minimum atomic E-state index is -0.712. The first-order valence-electron chi connectivity index (χ1n) is 9.44. The molecule has 1 aromatic carbocycles. The van der Waals surface area contributed by atoms with Gasteiger partial charge in [0.05, 0.1) is 6.54 Å². The number of amides is 2. The number of nitrogens with one attached hydrogen (secondary N) is 1. The lowest BCUT2D eigenvalue weighted by Gasteiger charge is -2.45. The predicted molar refractivity (Wildman–Crippen MR) is 98.8 cm³/mol. The molecule has 1 heterocycles. The van der Waals surface area contributed by atoms with Crippen molar-refractivity contribution in [1.82, 2.24) is 10.2 Å². The molecule has 25 heavy (non-hydrogen) atoms. The molecule has 2 fully saturated rings. The molecule has 2 atom stereocenters. The maximum atomic E-state index is 13.3. The van der Waals surface area contributed by atoms with Crippen LogP contribution in [0.15, 0.2) is 30.3 Å². The molecule has 1 aromatic rings. The van der Waals surface area contributed by atoms with Gasteiger partial charge in [-0.3, -0.25) is 9.59 Å². The second-order valence-corrected chi connectivity index (χ2v) is 8.79. The van der Waals surface area contributed by atoms with E-state index in [1.54, 1.807) is 4.90 Å². The third kappa shape index (κ3) is 4.05. The van der Waals surface area contributed by atoms with Gasteiger partial charge in [-0.1, -0.05) is 51.1 Å². The van der Waals surface area contributed by atoms with Crippen LogP contribution in [0.5, 0.6) is 0 Å². The van der Waals surface area contributed by atoms with Crippen LogP contribution in [0.3, 0.4) is 0 Å². The van der Waals surface area contributed by atoms with Gasteiger partial charge < -0.3 is 10.2 Å². The molecule has 0 aromatic heterocycles. The number of hydrogen-bond acceptors (Lipinski definition) is 2. The highest BCUT2D eigenvalue weighted by atomic mass is 16.2. The fraction of sp³-hybridized carbons (Fsp3) is 0.619. The highest BCUT2D eigenvalue weighted by Gasteiger charge is 2.47. The fourth-order valence-electron chi connectivity index (χ4n) is 4.50. The fourth-order valence-corrected chi connectivity index (χ4v) is 4.50. The summed E-state index contributed by atoms with van der Waals surface area (Å²) in [5, 5.41) is 3.09. The van der Waals surface area contributed by atoms with Crippen LogP contribution in [0.2, 0.25) is 0 Å². The van der Waals surface area contributed by atoms with Gasteiger partial charge in [0.1, 0.15) is 5.54 Å². The largest absolute Gasteiger partial charge is 0.340 e. The van der Waals surface area contributed by atoms with Crippen molar-refractivity contribution in [1.29, 1.82) is 0 Å². The van der Waals surface area contributed by atoms with Crippen LogP contribution in [0.1, 0.15) is 58.4 Å². The zero-order chi connectivity index (χ0) is 18.1. The summed E-state index contributed by atoms with van der Waals surface area (Å²) < 4.78 is 0. The summed E-state index contributed by atoms with van der Waals surface area (Å²) in [6.07, 6.45) is 4.61. The Morgan fingerprint density at radius 2 is 1.84 bits per heavy atom. The lowest BCUT2D eigenvalue weighted by Crippen LogP contribution is -2.66. The molecule has 4 nitrogen and oxygen atoms in total. The van der Waals surface area contributed by atoms with E-state index in [2.05, 4.69) is 26.1 Å². The summed E-state index contributed by atoms with van der Waals surface area (Å²) in [4.78, 5) is 27.5. The molecule has 2 amide bonds. The minimum absolute atomic E-state index is 0.0263. The second-order valence-electron chi connectivity index (χ2n) is 8.79. The summed E-state index contributed by atoms with van der Waals surface area (Å²) in [5.74, 6) is 0.642. The van der Waals surface area contributed by atoms with Crippen LogP contribution in [0, 0.1) is 11.3 Å². The number of hydrogen-bond donors (Lipinski definition) is 1. The van der Waals surface area contributed by atoms with Gasteiger partial charge in [0.2, 0.25) is 11.8 Å². The lowest BCUT2D eigenvalue weighted by molar-refractivity contribution is -0.152. The van der Waals surface area contributed by atoms with Crippen LogP contribution < -0.4 is 5.32 Å². The van der Waals surface area contributed by atoms with Crippen LogP contribution in [0.25, 0.3) is 0 Å². The first-order chi connectivity index (χ1) is 11.8. The average Bonchev–Trinajstić information content (AvgIpc) is 2.55. The van der Waals surface area contributed by atoms with Gasteiger partial charge in [-0.05, 0) is 49.0 Å². The molecule has 3 rings (SSSR count). The molecule has 1 saturated carbocycles. The monoisotopic (exact) mass is 342 g/mol. The van der Waals surface area contributed by atoms with E-state index in [9.17, 15) is 9.59 Å². The molecule has 1 spiro atoms. The molecule has 1 aliphatic carbocycles. The third-order valence-corrected chi connectivity index (χ3v) is 5.82. The molecular weight excluding hydrogens is 312 g/mol. The lowest BCUT2D eigenvalue weighted by atomic mass is 9.70. The van der Waals surface area contributed by atoms with E-state index >= 15 is 0 Å². The van der Waals surface area contributed by atoms with Gasteiger partial charge in [-0.15, -0.1) is 0 Å². The highest BCUT2D eigenvalue weighted by molar-refractivity contribution is 5.98. The Labute approximate surface area is 151 Å². The van der Waals surface area contributed by atoms with E-state index in [-0.39, 0.29) is 23.8 Å². The van der Waals surface area contributed by atoms with Gasteiger partial charge in [0.25, 0.3) is 0 Å². The van der Waals surface area contributed by atoms with Crippen LogP contribution >= 0.6 is 0 Å². The van der Waals surface area contributed by atoms with Crippen molar-refractivity contribution in [2.75, 3.05) is 6.54 Å². The topological polar surface area (TPSA) is 49.4 Å². The first-order valence-corrected chi connectivity index (χ1v) is 9.44. The number of carbonyl (C=O) groups excluding carboxylic acids is 2. The number of nitrogens with zero attached hydrogens (tertiary/aromatic N) is 1. The summed E-state index contributed by atoms with van der Waals surface area (Å²) in [6.45, 7) is 7.48. The van der Waals surface area contributed by atoms with Crippen LogP contribution in [-0.4, -0.2) is 28.8 Å². The third-order valence-electron chi connectivity index (χ3n) is 5.82. The van der Waals surface area contributed by atoms with E-state index in [1.165, 1.54) is 6.42 Å². The Kier molecular flexibility index (Phi) is 4.90. The summed E-state index contributed by atoms with van der Waals surface area (Å²) >= 11 is 0. The molecule has 1 aliphatic heterocycles. The van der Waals surface area contributed by atoms with Gasteiger partial charge in [-0.25, -0.2) is 0 Å². The maximum Gasteiger partial charge on any atom is 0.249 e. The summed E-state index contributed by atoms with van der Waals surface area (Å²) in [5.41, 5.74) is 0.565. The number of benzene rings is 1. The van der Waals surface area contributed by atoms with Crippen molar-refractivity contribution in [3.63, 3.8) is 0 Å². The molecule has 1 N–H and O–H groups in total. The van der Waals surface area contributed by atoms with Gasteiger partial charge in [-0.2, -0.15) is 0 Å². The standard InChI is InChI=1S/C21H30N2O2/c1-16-9-10-21(12-11-20(2,3)13-16)19(25)23(15-18(24)22-21)14-17-7-5-4-6-8-17/h4-8,16H,9-15H2,1-3H3,(H,22,24). The quantitative estimate of drug-likeness (QED) is 0.894. The molecular formula is C21H30N2O2. The van der Waals surface area contributed by atoms with Gasteiger partial charge in [0.15, 0.2) is 0 Å². The molecule has 2 unspecified atom stereocenters. The Morgan fingerprint density at radius 1 is 1.12 bits per heavy atom. The van der Waals surface area contributed by atoms with Crippen LogP contribution in [0.4, 0.5) is 0 Å². The van der Waals surface area contributed by atoms with Crippen molar-refractivity contribution in [3.05, 3.63) is 35.9 Å². The average molecular weight is 342 g/mol. The second kappa shape index (κ2) is 6.81. The van der Waals surface area contributed by atoms with Crippen molar-refractivity contribution >= 4 is 11.8 Å². The van der Waals surface area contributed by atoms with Crippen molar-refractivity contribution in [2.24, 2.45) is 11.3 Å². The van der Waals surface area contributed by atoms with Crippen molar-refractivity contribution in [3.8, 4) is 0 Å². The zero-order valence-corrected chi connectivity index (χ0v) is 15.7. The van der Waals surface area contributed by atoms with Gasteiger partial charge >= 0.3 is 0 Å². The Morgan fingerprint density at radius 3 is 2.56 bits per heavy atom. The van der Waals surface area contributed by atoms with Crippen molar-refractivity contribution < 1.29 is 9.59 Å². The number of carbonyl (C=O) groups is 2. The molecule has 0 radical (unpaired) electrons. The summed E-state index contributed by atoms with van der Waals surface area (Å²) in [6, 6.07) is 9.93. The van der Waals surface area contributed by atoms with E-state index in [1.807, 2.05) is 30.3 Å². The SMILES string of the molecule is CC1CCC2(CCC(C)(C)C1)NC(=O)CN(Cc1ccccc1)C2=O. The van der Waals surface area contributed by atoms with Crippen molar-refractivity contribution in [2.45, 2.75) is 65.0 Å². The zero-order valence-electron chi connectivity index (χ0n) is 15.7. The van der Waals surface area contributed by atoms with E-state index in [0.29, 0.717) is 12.5 Å². The van der Waals surface area contributed by atoms with E-state index in [0.717, 1.165) is 31.2 Å². The van der Waals surface area contributed by atoms with Crippen LogP contribution in [-0.2, 0) is 16.1 Å². The van der Waals surface area contributed by atoms with E-state index < -0.39 is 5.54 Å².